The van der Waals surface area contributed by atoms with E-state index >= 15 is 0 Å². The summed E-state index contributed by atoms with van der Waals surface area (Å²) in [6.07, 6.45) is 3.86. The van der Waals surface area contributed by atoms with Crippen molar-refractivity contribution < 1.29 is 8.42 Å². The van der Waals surface area contributed by atoms with Gasteiger partial charge in [0.2, 0.25) is 10.0 Å². The Morgan fingerprint density at radius 1 is 1.00 bits per heavy atom. The maximum Gasteiger partial charge on any atom is 0.308 e. The Morgan fingerprint density at radius 3 is 2.35 bits per heavy atom. The fourth-order valence-electron chi connectivity index (χ4n) is 4.07. The average molecular weight is 460 g/mol. The van der Waals surface area contributed by atoms with Gasteiger partial charge in [-0.1, -0.05) is 42.0 Å². The minimum Gasteiger partial charge on any atom is -0.299 e. The summed E-state index contributed by atoms with van der Waals surface area (Å²) in [6.45, 7) is 7.37. The second-order valence-electron chi connectivity index (χ2n) is 8.44. The molecule has 1 aliphatic rings. The highest BCUT2D eigenvalue weighted by molar-refractivity contribution is 7.89. The third-order valence-corrected chi connectivity index (χ3v) is 8.07. The van der Waals surface area contributed by atoms with Crippen molar-refractivity contribution in [3.05, 3.63) is 63.3 Å². The van der Waals surface area contributed by atoms with Gasteiger partial charge in [-0.3, -0.25) is 14.3 Å². The number of likely N-dealkylation sites (tertiary alicyclic amines) is 1. The molecule has 3 aromatic rings. The van der Waals surface area contributed by atoms with Crippen molar-refractivity contribution in [1.29, 1.82) is 0 Å². The van der Waals surface area contributed by atoms with Crippen molar-refractivity contribution in [2.75, 3.05) is 13.1 Å². The fraction of sp³-hybridized carbons (Fsp3) is 0.435. The minimum atomic E-state index is -3.67. The number of aromatic nitrogens is 1. The Hall–Kier alpha value is -2.00. The summed E-state index contributed by atoms with van der Waals surface area (Å²) in [4.78, 5) is 14.8. The number of thiazole rings is 1. The lowest BCUT2D eigenvalue weighted by Crippen LogP contribution is -2.29. The third-order valence-electron chi connectivity index (χ3n) is 5.76. The topological polar surface area (TPSA) is 71.4 Å². The number of fused-ring (bicyclic) bond motifs is 1. The molecule has 0 aliphatic carbocycles. The summed E-state index contributed by atoms with van der Waals surface area (Å²) < 4.78 is 30.7. The summed E-state index contributed by atoms with van der Waals surface area (Å²) in [5.41, 5.74) is 2.94. The zero-order chi connectivity index (χ0) is 22.0. The number of hydrogen-bond donors (Lipinski definition) is 1. The first kappa shape index (κ1) is 22.2. The molecule has 166 valence electrons. The number of piperidine rings is 1. The molecule has 0 atom stereocenters. The molecule has 1 saturated heterocycles. The van der Waals surface area contributed by atoms with E-state index in [1.807, 2.05) is 26.0 Å². The molecule has 0 spiro atoms. The van der Waals surface area contributed by atoms with Crippen LogP contribution in [0.1, 0.15) is 50.3 Å². The summed E-state index contributed by atoms with van der Waals surface area (Å²) in [5.74, 6) is 0. The van der Waals surface area contributed by atoms with E-state index in [2.05, 4.69) is 21.8 Å². The van der Waals surface area contributed by atoms with Crippen LogP contribution in [0.4, 0.5) is 0 Å². The Kier molecular flexibility index (Phi) is 6.62. The first-order valence-corrected chi connectivity index (χ1v) is 13.1. The van der Waals surface area contributed by atoms with Crippen LogP contribution in [-0.4, -0.2) is 31.0 Å². The predicted octanol–water partition coefficient (Wildman–Crippen LogP) is 4.11. The average Bonchev–Trinajstić information content (AvgIpc) is 3.09. The monoisotopic (exact) mass is 459 g/mol. The van der Waals surface area contributed by atoms with E-state index in [9.17, 15) is 13.2 Å². The fourth-order valence-corrected chi connectivity index (χ4v) is 6.24. The molecule has 0 unspecified atom stereocenters. The Balaban J connectivity index is 1.43. The molecule has 0 amide bonds. The Morgan fingerprint density at radius 2 is 1.68 bits per heavy atom. The van der Waals surface area contributed by atoms with E-state index in [4.69, 9.17) is 0 Å². The van der Waals surface area contributed by atoms with Crippen LogP contribution in [0.3, 0.4) is 0 Å². The van der Waals surface area contributed by atoms with Gasteiger partial charge >= 0.3 is 4.87 Å². The van der Waals surface area contributed by atoms with E-state index in [1.54, 1.807) is 22.8 Å². The van der Waals surface area contributed by atoms with Crippen LogP contribution >= 0.6 is 11.3 Å². The van der Waals surface area contributed by atoms with Crippen LogP contribution in [0.2, 0.25) is 0 Å². The van der Waals surface area contributed by atoms with Gasteiger partial charge in [0, 0.05) is 19.1 Å². The van der Waals surface area contributed by atoms with Crippen LogP contribution in [0, 0.1) is 0 Å². The zero-order valence-corrected chi connectivity index (χ0v) is 19.6. The first-order chi connectivity index (χ1) is 14.8. The molecule has 1 aromatic heterocycles. The summed E-state index contributed by atoms with van der Waals surface area (Å²) >= 11 is 1.08. The maximum absolute atomic E-state index is 12.8. The van der Waals surface area contributed by atoms with E-state index < -0.39 is 10.0 Å². The Labute approximate surface area is 187 Å². The highest BCUT2D eigenvalue weighted by Crippen LogP contribution is 2.24. The molecule has 1 N–H and O–H groups in total. The molecule has 1 fully saturated rings. The van der Waals surface area contributed by atoms with Crippen molar-refractivity contribution in [2.24, 2.45) is 0 Å². The van der Waals surface area contributed by atoms with Crippen LogP contribution in [0.15, 0.2) is 52.2 Å². The standard InChI is InChI=1S/C23H29N3O3S2/c1-17(2)26-21-11-10-20(14-22(21)30-23(26)27)31(28,29)24-15-18-6-8-19(9-7-18)16-25-12-4-3-5-13-25/h6-11,14,17,24H,3-5,12-13,15-16H2,1-2H3. The van der Waals surface area contributed by atoms with E-state index in [1.165, 1.54) is 24.8 Å². The largest absolute Gasteiger partial charge is 0.308 e. The summed E-state index contributed by atoms with van der Waals surface area (Å²) in [6, 6.07) is 13.0. The van der Waals surface area contributed by atoms with Crippen molar-refractivity contribution in [3.63, 3.8) is 0 Å². The highest BCUT2D eigenvalue weighted by atomic mass is 32.2. The van der Waals surface area contributed by atoms with Crippen molar-refractivity contribution >= 4 is 31.6 Å². The summed E-state index contributed by atoms with van der Waals surface area (Å²) in [5, 5.41) is 0. The zero-order valence-electron chi connectivity index (χ0n) is 18.0. The second kappa shape index (κ2) is 9.24. The normalized spacial score (nSPS) is 15.7. The molecular formula is C23H29N3O3S2. The van der Waals surface area contributed by atoms with Crippen LogP contribution in [0.25, 0.3) is 10.2 Å². The van der Waals surface area contributed by atoms with Crippen LogP contribution in [-0.2, 0) is 23.1 Å². The first-order valence-electron chi connectivity index (χ1n) is 10.8. The number of nitrogens with zero attached hydrogens (tertiary/aromatic N) is 2. The van der Waals surface area contributed by atoms with Gasteiger partial charge in [0.15, 0.2) is 0 Å². The lowest BCUT2D eigenvalue weighted by atomic mass is 10.1. The molecule has 31 heavy (non-hydrogen) atoms. The molecule has 6 nitrogen and oxygen atoms in total. The van der Waals surface area contributed by atoms with Crippen molar-refractivity contribution in [1.82, 2.24) is 14.2 Å². The molecule has 0 saturated carbocycles. The SMILES string of the molecule is CC(C)n1c(=O)sc2cc(S(=O)(=O)NCc3ccc(CN4CCCCC4)cc3)ccc21. The highest BCUT2D eigenvalue weighted by Gasteiger charge is 2.18. The van der Waals surface area contributed by atoms with E-state index in [0.717, 1.165) is 42.1 Å². The van der Waals surface area contributed by atoms with E-state index in [-0.39, 0.29) is 22.4 Å². The number of benzene rings is 2. The molecule has 0 bridgehead atoms. The van der Waals surface area contributed by atoms with Gasteiger partial charge in [0.1, 0.15) is 0 Å². The number of nitrogens with one attached hydrogen (secondary N) is 1. The quantitative estimate of drug-likeness (QED) is 0.577. The van der Waals surface area contributed by atoms with Gasteiger partial charge in [0.25, 0.3) is 0 Å². The van der Waals surface area contributed by atoms with Gasteiger partial charge in [-0.15, -0.1) is 0 Å². The van der Waals surface area contributed by atoms with E-state index in [0.29, 0.717) is 4.70 Å². The number of sulfonamides is 1. The molecule has 0 radical (unpaired) electrons. The van der Waals surface area contributed by atoms with Crippen molar-refractivity contribution in [2.45, 2.75) is 57.1 Å². The number of rotatable bonds is 7. The molecule has 4 rings (SSSR count). The molecule has 2 aromatic carbocycles. The molecule has 1 aliphatic heterocycles. The van der Waals surface area contributed by atoms with Gasteiger partial charge < -0.3 is 0 Å². The second-order valence-corrected chi connectivity index (χ2v) is 11.2. The van der Waals surface area contributed by atoms with Gasteiger partial charge in [0.05, 0.1) is 15.1 Å². The van der Waals surface area contributed by atoms with Crippen LogP contribution < -0.4 is 9.60 Å². The minimum absolute atomic E-state index is 0.0275. The Bertz CT molecular complexity index is 1210. The maximum atomic E-state index is 12.8. The molecular weight excluding hydrogens is 430 g/mol. The summed E-state index contributed by atoms with van der Waals surface area (Å²) in [7, 11) is -3.67. The smallest absolute Gasteiger partial charge is 0.299 e. The van der Waals surface area contributed by atoms with Gasteiger partial charge in [-0.2, -0.15) is 0 Å². The lowest BCUT2D eigenvalue weighted by Gasteiger charge is -2.26. The van der Waals surface area contributed by atoms with Crippen molar-refractivity contribution in [3.8, 4) is 0 Å². The van der Waals surface area contributed by atoms with Gasteiger partial charge in [-0.05, 0) is 69.1 Å². The number of hydrogen-bond acceptors (Lipinski definition) is 5. The third kappa shape index (κ3) is 5.09. The predicted molar refractivity (Wildman–Crippen MR) is 126 cm³/mol. The van der Waals surface area contributed by atoms with Crippen LogP contribution in [0.5, 0.6) is 0 Å². The van der Waals surface area contributed by atoms with Gasteiger partial charge in [-0.25, -0.2) is 13.1 Å². The molecule has 8 heteroatoms. The molecule has 2 heterocycles. The lowest BCUT2D eigenvalue weighted by molar-refractivity contribution is 0.221.